The van der Waals surface area contributed by atoms with Crippen molar-refractivity contribution in [3.8, 4) is 0 Å². The minimum Gasteiger partial charge on any atom is -0.331 e. The molecule has 1 aromatic carbocycles. The summed E-state index contributed by atoms with van der Waals surface area (Å²) in [4.78, 5) is 12.3. The molecule has 6 nitrogen and oxygen atoms in total. The standard InChI is InChI=1S/C13H13Cl2N3O3S3/c1-18(2)24(20,21)12-11(19)9(6-23-12)17-13(22)16-8-5-3-4-7(14)10(8)15/h3-6,12H,1-2H3,(H2,16,17,22). The number of nitrogens with one attached hydrogen (secondary N) is 2. The van der Waals surface area contributed by atoms with E-state index in [4.69, 9.17) is 35.4 Å². The minimum atomic E-state index is -3.71. The molecule has 11 heteroatoms. The third kappa shape index (κ3) is 4.04. The topological polar surface area (TPSA) is 78.5 Å². The molecule has 1 unspecified atom stereocenters. The van der Waals surface area contributed by atoms with E-state index in [1.54, 1.807) is 18.2 Å². The van der Waals surface area contributed by atoms with Crippen LogP contribution < -0.4 is 10.6 Å². The number of ketones is 1. The molecule has 2 N–H and O–H groups in total. The van der Waals surface area contributed by atoms with E-state index >= 15 is 0 Å². The fraction of sp³-hybridized carbons (Fsp3) is 0.231. The zero-order valence-corrected chi connectivity index (χ0v) is 16.5. The first-order valence-corrected chi connectivity index (χ1v) is 10.1. The van der Waals surface area contributed by atoms with Crippen LogP contribution in [0.4, 0.5) is 5.69 Å². The van der Waals surface area contributed by atoms with Gasteiger partial charge in [0.25, 0.3) is 0 Å². The third-order valence-electron chi connectivity index (χ3n) is 3.02. The van der Waals surface area contributed by atoms with Crippen molar-refractivity contribution in [2.24, 2.45) is 0 Å². The molecule has 24 heavy (non-hydrogen) atoms. The molecule has 1 atom stereocenters. The van der Waals surface area contributed by atoms with Crippen molar-refractivity contribution < 1.29 is 13.2 Å². The lowest BCUT2D eigenvalue weighted by Gasteiger charge is -2.16. The van der Waals surface area contributed by atoms with Gasteiger partial charge in [-0.3, -0.25) is 4.79 Å². The number of hydrogen-bond acceptors (Lipinski definition) is 5. The Bertz CT molecular complexity index is 825. The second-order valence-electron chi connectivity index (χ2n) is 4.87. The average Bonchev–Trinajstić information content (AvgIpc) is 2.85. The van der Waals surface area contributed by atoms with Gasteiger partial charge in [-0.1, -0.05) is 29.3 Å². The Kier molecular flexibility index (Phi) is 6.16. The number of hydrogen-bond donors (Lipinski definition) is 2. The summed E-state index contributed by atoms with van der Waals surface area (Å²) in [6.45, 7) is 0. The molecule has 1 aliphatic heterocycles. The molecule has 2 rings (SSSR count). The molecule has 1 aliphatic rings. The molecule has 0 saturated heterocycles. The molecule has 1 heterocycles. The van der Waals surface area contributed by atoms with Crippen LogP contribution in [0.3, 0.4) is 0 Å². The van der Waals surface area contributed by atoms with E-state index in [-0.39, 0.29) is 15.8 Å². The normalized spacial score (nSPS) is 17.8. The predicted molar refractivity (Wildman–Crippen MR) is 103 cm³/mol. The van der Waals surface area contributed by atoms with Crippen molar-refractivity contribution >= 4 is 73.8 Å². The number of rotatable bonds is 4. The average molecular weight is 426 g/mol. The van der Waals surface area contributed by atoms with Crippen LogP contribution in [0.1, 0.15) is 0 Å². The van der Waals surface area contributed by atoms with Gasteiger partial charge in [-0.2, -0.15) is 0 Å². The molecule has 130 valence electrons. The highest BCUT2D eigenvalue weighted by molar-refractivity contribution is 8.16. The Labute approximate surface area is 159 Å². The molecule has 0 aromatic heterocycles. The van der Waals surface area contributed by atoms with Crippen LogP contribution in [0.25, 0.3) is 0 Å². The fourth-order valence-corrected chi connectivity index (χ4v) is 5.02. The van der Waals surface area contributed by atoms with Gasteiger partial charge in [-0.05, 0) is 24.4 Å². The van der Waals surface area contributed by atoms with Gasteiger partial charge in [0.1, 0.15) is 0 Å². The first-order chi connectivity index (χ1) is 11.1. The number of carbonyl (C=O) groups excluding carboxylic acids is 1. The summed E-state index contributed by atoms with van der Waals surface area (Å²) in [6, 6.07) is 4.98. The van der Waals surface area contributed by atoms with Crippen molar-refractivity contribution in [1.29, 1.82) is 0 Å². The van der Waals surface area contributed by atoms with Gasteiger partial charge < -0.3 is 10.6 Å². The molecular weight excluding hydrogens is 413 g/mol. The highest BCUT2D eigenvalue weighted by Gasteiger charge is 2.40. The van der Waals surface area contributed by atoms with Crippen LogP contribution in [0, 0.1) is 0 Å². The lowest BCUT2D eigenvalue weighted by Crippen LogP contribution is -2.38. The summed E-state index contributed by atoms with van der Waals surface area (Å²) in [6.07, 6.45) is 0. The van der Waals surface area contributed by atoms with Gasteiger partial charge >= 0.3 is 0 Å². The SMILES string of the molecule is CN(C)S(=O)(=O)C1SC=C(NC(=S)Nc2cccc(Cl)c2Cl)C1=O. The Morgan fingerprint density at radius 1 is 1.29 bits per heavy atom. The lowest BCUT2D eigenvalue weighted by molar-refractivity contribution is -0.113. The third-order valence-corrected chi connectivity index (χ3v) is 7.71. The number of thiocarbonyl (C=S) groups is 1. The number of nitrogens with zero attached hydrogens (tertiary/aromatic N) is 1. The van der Waals surface area contributed by atoms with Gasteiger partial charge in [0.2, 0.25) is 15.8 Å². The van der Waals surface area contributed by atoms with Crippen LogP contribution in [-0.4, -0.2) is 42.3 Å². The molecule has 0 aliphatic carbocycles. The van der Waals surface area contributed by atoms with Gasteiger partial charge in [0.15, 0.2) is 9.69 Å². The Balaban J connectivity index is 2.06. The largest absolute Gasteiger partial charge is 0.331 e. The van der Waals surface area contributed by atoms with E-state index in [1.807, 2.05) is 0 Å². The van der Waals surface area contributed by atoms with Gasteiger partial charge in [0, 0.05) is 19.5 Å². The quantitative estimate of drug-likeness (QED) is 0.717. The number of sulfonamides is 1. The highest BCUT2D eigenvalue weighted by atomic mass is 35.5. The van der Waals surface area contributed by atoms with Crippen LogP contribution in [0.15, 0.2) is 29.3 Å². The van der Waals surface area contributed by atoms with Crippen LogP contribution in [0.5, 0.6) is 0 Å². The maximum atomic E-state index is 12.3. The number of carbonyl (C=O) groups is 1. The first kappa shape index (κ1) is 19.5. The number of allylic oxidation sites excluding steroid dienone is 1. The number of thioether (sulfide) groups is 1. The van der Waals surface area contributed by atoms with E-state index < -0.39 is 20.4 Å². The Hall–Kier alpha value is -0.840. The van der Waals surface area contributed by atoms with Gasteiger partial charge in [0.05, 0.1) is 21.4 Å². The molecule has 0 bridgehead atoms. The van der Waals surface area contributed by atoms with E-state index in [9.17, 15) is 13.2 Å². The van der Waals surface area contributed by atoms with Crippen LogP contribution in [-0.2, 0) is 14.8 Å². The van der Waals surface area contributed by atoms with Crippen molar-refractivity contribution in [1.82, 2.24) is 9.62 Å². The molecule has 0 radical (unpaired) electrons. The Morgan fingerprint density at radius 2 is 1.96 bits per heavy atom. The second-order valence-corrected chi connectivity index (χ2v) is 9.57. The maximum Gasteiger partial charge on any atom is 0.233 e. The summed E-state index contributed by atoms with van der Waals surface area (Å²) >= 11 is 18.0. The first-order valence-electron chi connectivity index (χ1n) is 6.48. The zero-order valence-electron chi connectivity index (χ0n) is 12.5. The van der Waals surface area contributed by atoms with Crippen molar-refractivity contribution in [2.45, 2.75) is 4.58 Å². The molecule has 0 spiro atoms. The molecule has 1 aromatic rings. The van der Waals surface area contributed by atoms with Crippen molar-refractivity contribution in [2.75, 3.05) is 19.4 Å². The zero-order chi connectivity index (χ0) is 18.1. The summed E-state index contributed by atoms with van der Waals surface area (Å²) < 4.78 is 24.0. The summed E-state index contributed by atoms with van der Waals surface area (Å²) in [5.41, 5.74) is 0.573. The second kappa shape index (κ2) is 7.59. The maximum absolute atomic E-state index is 12.3. The van der Waals surface area contributed by atoms with Gasteiger partial charge in [-0.25, -0.2) is 12.7 Å². The number of benzene rings is 1. The van der Waals surface area contributed by atoms with E-state index in [0.717, 1.165) is 16.1 Å². The lowest BCUT2D eigenvalue weighted by atomic mass is 10.3. The number of Topliss-reactive ketones (excluding diaryl/α,β-unsaturated/α-hetero) is 1. The molecule has 0 fully saturated rings. The predicted octanol–water partition coefficient (Wildman–Crippen LogP) is 2.65. The van der Waals surface area contributed by atoms with Crippen molar-refractivity contribution in [3.05, 3.63) is 39.3 Å². The summed E-state index contributed by atoms with van der Waals surface area (Å²) in [7, 11) is -0.959. The molecule has 0 saturated carbocycles. The van der Waals surface area contributed by atoms with Gasteiger partial charge in [-0.15, -0.1) is 11.8 Å². The van der Waals surface area contributed by atoms with E-state index in [2.05, 4.69) is 10.6 Å². The number of halogens is 2. The molecule has 0 amide bonds. The molecular formula is C13H13Cl2N3O3S3. The fourth-order valence-electron chi connectivity index (χ4n) is 1.74. The summed E-state index contributed by atoms with van der Waals surface area (Å²) in [5, 5.41) is 7.68. The smallest absolute Gasteiger partial charge is 0.233 e. The number of anilines is 1. The van der Waals surface area contributed by atoms with Crippen molar-refractivity contribution in [3.63, 3.8) is 0 Å². The van der Waals surface area contributed by atoms with Crippen LogP contribution >= 0.6 is 47.2 Å². The van der Waals surface area contributed by atoms with E-state index in [0.29, 0.717) is 10.7 Å². The van der Waals surface area contributed by atoms with Crippen LogP contribution in [0.2, 0.25) is 10.0 Å². The summed E-state index contributed by atoms with van der Waals surface area (Å²) in [5.74, 6) is -0.560. The van der Waals surface area contributed by atoms with E-state index in [1.165, 1.54) is 19.5 Å². The Morgan fingerprint density at radius 3 is 2.58 bits per heavy atom. The monoisotopic (exact) mass is 425 g/mol. The highest BCUT2D eigenvalue weighted by Crippen LogP contribution is 2.32. The minimum absolute atomic E-state index is 0.0993.